The molecule has 0 aliphatic rings. The van der Waals surface area contributed by atoms with Crippen LogP contribution in [0.3, 0.4) is 0 Å². The number of nitrogens with one attached hydrogen (secondary N) is 1. The van der Waals surface area contributed by atoms with Crippen LogP contribution in [0.25, 0.3) is 0 Å². The van der Waals surface area contributed by atoms with E-state index in [0.29, 0.717) is 0 Å². The van der Waals surface area contributed by atoms with Gasteiger partial charge in [0.25, 0.3) is 0 Å². The molecule has 0 spiro atoms. The van der Waals surface area contributed by atoms with E-state index in [1.165, 1.54) is 13.2 Å². The third-order valence-corrected chi connectivity index (χ3v) is 2.04. The molecule has 0 radical (unpaired) electrons. The topological polar surface area (TPSA) is 64.6 Å². The summed E-state index contributed by atoms with van der Waals surface area (Å²) in [4.78, 5) is 22.6. The predicted octanol–water partition coefficient (Wildman–Crippen LogP) is 2.26. The fraction of sp³-hybridized carbons (Fsp3) is 0.692. The predicted molar refractivity (Wildman–Crippen MR) is 69.2 cm³/mol. The Morgan fingerprint density at radius 2 is 1.78 bits per heavy atom. The molecule has 0 bridgehead atoms. The first-order chi connectivity index (χ1) is 8.15. The van der Waals surface area contributed by atoms with Crippen molar-refractivity contribution in [2.45, 2.75) is 46.3 Å². The minimum Gasteiger partial charge on any atom is -0.466 e. The quantitative estimate of drug-likeness (QED) is 0.620. The number of rotatable bonds is 4. The lowest BCUT2D eigenvalue weighted by Gasteiger charge is -2.23. The summed E-state index contributed by atoms with van der Waals surface area (Å²) in [5.41, 5.74) is -0.544. The molecule has 0 aliphatic heterocycles. The van der Waals surface area contributed by atoms with Crippen molar-refractivity contribution in [2.24, 2.45) is 5.92 Å². The molecular weight excluding hydrogens is 234 g/mol. The van der Waals surface area contributed by atoms with Crippen LogP contribution in [-0.2, 0) is 14.3 Å². The van der Waals surface area contributed by atoms with Gasteiger partial charge in [-0.25, -0.2) is 9.59 Å². The van der Waals surface area contributed by atoms with E-state index in [4.69, 9.17) is 4.74 Å². The zero-order chi connectivity index (χ0) is 14.3. The highest BCUT2D eigenvalue weighted by molar-refractivity contribution is 5.82. The van der Waals surface area contributed by atoms with Crippen LogP contribution in [-0.4, -0.2) is 30.8 Å². The van der Waals surface area contributed by atoms with Crippen molar-refractivity contribution < 1.29 is 19.1 Å². The van der Waals surface area contributed by atoms with Crippen LogP contribution in [0.5, 0.6) is 0 Å². The molecule has 0 rings (SSSR count). The van der Waals surface area contributed by atoms with E-state index < -0.39 is 17.7 Å². The molecule has 0 saturated carbocycles. The van der Waals surface area contributed by atoms with Crippen molar-refractivity contribution >= 4 is 12.1 Å². The van der Waals surface area contributed by atoms with Crippen molar-refractivity contribution in [3.63, 3.8) is 0 Å². The summed E-state index contributed by atoms with van der Waals surface area (Å²) in [7, 11) is 1.30. The van der Waals surface area contributed by atoms with Crippen LogP contribution in [0.2, 0.25) is 0 Å². The molecule has 104 valence electrons. The third kappa shape index (κ3) is 7.70. The molecule has 18 heavy (non-hydrogen) atoms. The number of ether oxygens (including phenoxy) is 2. The minimum atomic E-state index is -0.544. The number of carbonyl (C=O) groups is 2. The maximum absolute atomic E-state index is 11.6. The van der Waals surface area contributed by atoms with Gasteiger partial charge in [0.2, 0.25) is 0 Å². The molecule has 0 heterocycles. The number of hydrogen-bond donors (Lipinski definition) is 1. The first-order valence-corrected chi connectivity index (χ1v) is 5.91. The van der Waals surface area contributed by atoms with E-state index in [2.05, 4.69) is 10.1 Å². The maximum Gasteiger partial charge on any atom is 0.408 e. The van der Waals surface area contributed by atoms with Crippen LogP contribution in [0, 0.1) is 5.92 Å². The van der Waals surface area contributed by atoms with Crippen molar-refractivity contribution in [1.29, 1.82) is 0 Å². The molecular formula is C13H23NO4. The highest BCUT2D eigenvalue weighted by Gasteiger charge is 2.19. The number of alkyl carbamates (subject to hydrolysis) is 1. The molecule has 0 unspecified atom stereocenters. The second-order valence-electron chi connectivity index (χ2n) is 5.30. The Bertz CT molecular complexity index is 315. The van der Waals surface area contributed by atoms with E-state index in [1.54, 1.807) is 26.8 Å². The monoisotopic (exact) mass is 257 g/mol. The van der Waals surface area contributed by atoms with Gasteiger partial charge in [0.15, 0.2) is 0 Å². The van der Waals surface area contributed by atoms with Gasteiger partial charge < -0.3 is 14.8 Å². The van der Waals surface area contributed by atoms with Gasteiger partial charge in [0.05, 0.1) is 13.2 Å². The minimum absolute atomic E-state index is 0.137. The third-order valence-electron chi connectivity index (χ3n) is 2.04. The van der Waals surface area contributed by atoms with Crippen molar-refractivity contribution in [3.05, 3.63) is 12.2 Å². The van der Waals surface area contributed by atoms with Gasteiger partial charge >= 0.3 is 12.1 Å². The van der Waals surface area contributed by atoms with Crippen molar-refractivity contribution in [3.8, 4) is 0 Å². The molecule has 1 atom stereocenters. The lowest BCUT2D eigenvalue weighted by Crippen LogP contribution is -2.40. The molecule has 1 amide bonds. The summed E-state index contributed by atoms with van der Waals surface area (Å²) in [5, 5.41) is 2.70. The molecule has 0 fully saturated rings. The smallest absolute Gasteiger partial charge is 0.408 e. The fourth-order valence-electron chi connectivity index (χ4n) is 1.13. The molecule has 0 saturated heterocycles. The molecule has 0 aromatic heterocycles. The Balaban J connectivity index is 4.50. The molecule has 0 aromatic carbocycles. The zero-order valence-electron chi connectivity index (χ0n) is 11.9. The summed E-state index contributed by atoms with van der Waals surface area (Å²) in [5.74, 6) is -0.315. The summed E-state index contributed by atoms with van der Waals surface area (Å²) in [6.45, 7) is 9.25. The average molecular weight is 257 g/mol. The SMILES string of the molecule is COC(=O)/C=C/[C@@H](NC(=O)OC(C)(C)C)C(C)C. The van der Waals surface area contributed by atoms with Gasteiger partial charge in [-0.3, -0.25) is 0 Å². The summed E-state index contributed by atoms with van der Waals surface area (Å²) in [6.07, 6.45) is 2.39. The first-order valence-electron chi connectivity index (χ1n) is 5.91. The number of amides is 1. The van der Waals surface area contributed by atoms with E-state index in [0.717, 1.165) is 0 Å². The number of hydrogen-bond acceptors (Lipinski definition) is 4. The number of methoxy groups -OCH3 is 1. The maximum atomic E-state index is 11.6. The molecule has 5 nitrogen and oxygen atoms in total. The normalized spacial score (nSPS) is 13.5. The lowest BCUT2D eigenvalue weighted by atomic mass is 10.0. The van der Waals surface area contributed by atoms with E-state index >= 15 is 0 Å². The van der Waals surface area contributed by atoms with E-state index in [9.17, 15) is 9.59 Å². The average Bonchev–Trinajstić information content (AvgIpc) is 2.20. The highest BCUT2D eigenvalue weighted by Crippen LogP contribution is 2.09. The van der Waals surface area contributed by atoms with Crippen LogP contribution in [0.15, 0.2) is 12.2 Å². The summed E-state index contributed by atoms with van der Waals surface area (Å²) in [6, 6.07) is -0.279. The highest BCUT2D eigenvalue weighted by atomic mass is 16.6. The zero-order valence-corrected chi connectivity index (χ0v) is 11.9. The Hall–Kier alpha value is -1.52. The largest absolute Gasteiger partial charge is 0.466 e. The van der Waals surface area contributed by atoms with Crippen LogP contribution in [0.4, 0.5) is 4.79 Å². The lowest BCUT2D eigenvalue weighted by molar-refractivity contribution is -0.134. The Kier molecular flexibility index (Phi) is 6.44. The molecule has 1 N–H and O–H groups in total. The van der Waals surface area contributed by atoms with Crippen molar-refractivity contribution in [2.75, 3.05) is 7.11 Å². The van der Waals surface area contributed by atoms with Crippen LogP contribution in [0.1, 0.15) is 34.6 Å². The van der Waals surface area contributed by atoms with Gasteiger partial charge in [-0.2, -0.15) is 0 Å². The molecule has 5 heteroatoms. The number of carbonyl (C=O) groups excluding carboxylic acids is 2. The Morgan fingerprint density at radius 3 is 2.17 bits per heavy atom. The Labute approximate surface area is 109 Å². The Morgan fingerprint density at radius 1 is 1.22 bits per heavy atom. The van der Waals surface area contributed by atoms with Crippen LogP contribution < -0.4 is 5.32 Å². The fourth-order valence-corrected chi connectivity index (χ4v) is 1.13. The van der Waals surface area contributed by atoms with Crippen LogP contribution >= 0.6 is 0 Å². The van der Waals surface area contributed by atoms with Gasteiger partial charge in [-0.15, -0.1) is 0 Å². The second kappa shape index (κ2) is 7.03. The number of esters is 1. The standard InChI is InChI=1S/C13H23NO4/c1-9(2)10(7-8-11(15)17-6)14-12(16)18-13(3,4)5/h7-10H,1-6H3,(H,14,16)/b8-7+/t10-/m1/s1. The van der Waals surface area contributed by atoms with Crippen molar-refractivity contribution in [1.82, 2.24) is 5.32 Å². The van der Waals surface area contributed by atoms with Gasteiger partial charge in [-0.05, 0) is 26.7 Å². The second-order valence-corrected chi connectivity index (χ2v) is 5.30. The summed E-state index contributed by atoms with van der Waals surface area (Å²) < 4.78 is 9.65. The van der Waals surface area contributed by atoms with Gasteiger partial charge in [-0.1, -0.05) is 19.9 Å². The van der Waals surface area contributed by atoms with Gasteiger partial charge in [0.1, 0.15) is 5.60 Å². The van der Waals surface area contributed by atoms with E-state index in [1.807, 2.05) is 13.8 Å². The summed E-state index contributed by atoms with van der Waals surface area (Å²) >= 11 is 0. The molecule has 0 aliphatic carbocycles. The molecule has 0 aromatic rings. The first kappa shape index (κ1) is 16.5. The van der Waals surface area contributed by atoms with Gasteiger partial charge in [0, 0.05) is 6.08 Å². The van der Waals surface area contributed by atoms with E-state index in [-0.39, 0.29) is 12.0 Å².